The first-order valence-electron chi connectivity index (χ1n) is 10.6. The van der Waals surface area contributed by atoms with E-state index in [4.69, 9.17) is 4.74 Å². The number of benzene rings is 2. The number of ether oxygens (including phenoxy) is 2. The molecule has 8 nitrogen and oxygen atoms in total. The summed E-state index contributed by atoms with van der Waals surface area (Å²) in [5, 5.41) is 9.66. The van der Waals surface area contributed by atoms with Gasteiger partial charge in [0.1, 0.15) is 5.75 Å². The second-order valence-electron chi connectivity index (χ2n) is 8.16. The third-order valence-electron chi connectivity index (χ3n) is 5.81. The van der Waals surface area contributed by atoms with Gasteiger partial charge < -0.3 is 9.47 Å². The number of rotatable bonds is 6. The second-order valence-corrected chi connectivity index (χ2v) is 9.31. The van der Waals surface area contributed by atoms with Gasteiger partial charge >= 0.3 is 5.97 Å². The smallest absolute Gasteiger partial charge is 0.358 e. The topological polar surface area (TPSA) is 91.6 Å². The number of nitrogens with zero attached hydrogens (tertiary/aromatic N) is 5. The number of carbonyl (C=O) groups is 1. The molecule has 2 aromatic carbocycles. The number of fused-ring (bicyclic) bond motifs is 1. The van der Waals surface area contributed by atoms with Crippen molar-refractivity contribution in [2.24, 2.45) is 5.92 Å². The molecular formula is C24H19F2N5O3S. The van der Waals surface area contributed by atoms with E-state index in [1.807, 2.05) is 33.9 Å². The predicted molar refractivity (Wildman–Crippen MR) is 126 cm³/mol. The van der Waals surface area contributed by atoms with Crippen LogP contribution < -0.4 is 13.3 Å². The molecule has 1 aliphatic carbocycles. The maximum Gasteiger partial charge on any atom is 0.358 e. The highest BCUT2D eigenvalue weighted by Crippen LogP contribution is 2.53. The lowest BCUT2D eigenvalue weighted by Gasteiger charge is -2.16. The Labute approximate surface area is 204 Å². The van der Waals surface area contributed by atoms with E-state index >= 15 is 0 Å². The summed E-state index contributed by atoms with van der Waals surface area (Å²) in [6.07, 6.45) is 2.49. The van der Waals surface area contributed by atoms with Crippen molar-refractivity contribution >= 4 is 29.5 Å². The Morgan fingerprint density at radius 1 is 1.23 bits per heavy atom. The maximum absolute atomic E-state index is 13.4. The van der Waals surface area contributed by atoms with Crippen molar-refractivity contribution in [1.29, 1.82) is 5.26 Å². The zero-order valence-corrected chi connectivity index (χ0v) is 19.6. The van der Waals surface area contributed by atoms with E-state index in [0.717, 1.165) is 16.9 Å². The van der Waals surface area contributed by atoms with Gasteiger partial charge in [0.15, 0.2) is 5.69 Å². The Morgan fingerprint density at radius 2 is 2.03 bits per heavy atom. The van der Waals surface area contributed by atoms with Crippen molar-refractivity contribution in [2.75, 3.05) is 29.3 Å². The summed E-state index contributed by atoms with van der Waals surface area (Å²) in [6.45, 7) is 0.275. The first-order chi connectivity index (χ1) is 16.8. The average Bonchev–Trinajstić information content (AvgIpc) is 3.35. The largest absolute Gasteiger partial charge is 0.464 e. The van der Waals surface area contributed by atoms with Gasteiger partial charge in [-0.15, -0.1) is 0 Å². The number of halogens is 2. The Hall–Kier alpha value is -3.91. The fourth-order valence-corrected chi connectivity index (χ4v) is 4.83. The van der Waals surface area contributed by atoms with Crippen LogP contribution in [0.2, 0.25) is 0 Å². The fraction of sp³-hybridized carbons (Fsp3) is 0.250. The number of nitriles is 1. The first-order valence-corrected chi connectivity index (χ1v) is 11.4. The zero-order valence-electron chi connectivity index (χ0n) is 18.7. The maximum atomic E-state index is 13.4. The summed E-state index contributed by atoms with van der Waals surface area (Å²) in [5.74, 6) is -3.20. The van der Waals surface area contributed by atoms with E-state index < -0.39 is 17.8 Å². The number of hydrogen-bond donors (Lipinski definition) is 0. The van der Waals surface area contributed by atoms with Crippen LogP contribution in [-0.4, -0.2) is 42.6 Å². The van der Waals surface area contributed by atoms with Crippen LogP contribution in [-0.2, 0) is 4.74 Å². The van der Waals surface area contributed by atoms with Crippen LogP contribution in [0.1, 0.15) is 22.5 Å². The van der Waals surface area contributed by atoms with Crippen LogP contribution in [0.4, 0.5) is 20.2 Å². The number of carbonyl (C=O) groups excluding carboxylic acids is 1. The van der Waals surface area contributed by atoms with Crippen LogP contribution in [0.15, 0.2) is 48.8 Å². The van der Waals surface area contributed by atoms with Gasteiger partial charge in [0.05, 0.1) is 54.6 Å². The molecule has 11 heteroatoms. The van der Waals surface area contributed by atoms with Crippen LogP contribution in [0.25, 0.3) is 11.1 Å². The molecule has 1 aromatic heterocycles. The van der Waals surface area contributed by atoms with Crippen molar-refractivity contribution < 1.29 is 23.0 Å². The summed E-state index contributed by atoms with van der Waals surface area (Å²) in [6, 6.07) is 12.9. The highest BCUT2D eigenvalue weighted by Gasteiger charge is 2.57. The molecule has 1 saturated carbocycles. The lowest BCUT2D eigenvalue weighted by Crippen LogP contribution is -2.18. The molecule has 2 heterocycles. The molecule has 35 heavy (non-hydrogen) atoms. The summed E-state index contributed by atoms with van der Waals surface area (Å²) < 4.78 is 41.1. The minimum atomic E-state index is -2.58. The molecule has 0 spiro atoms. The van der Waals surface area contributed by atoms with Crippen molar-refractivity contribution in [3.8, 4) is 28.8 Å². The monoisotopic (exact) mass is 495 g/mol. The van der Waals surface area contributed by atoms with E-state index in [-0.39, 0.29) is 24.5 Å². The molecule has 178 valence electrons. The fourth-order valence-electron chi connectivity index (χ4n) is 3.81. The third kappa shape index (κ3) is 4.44. The molecule has 3 aromatic rings. The quantitative estimate of drug-likeness (QED) is 0.343. The van der Waals surface area contributed by atoms with Crippen LogP contribution in [0.3, 0.4) is 0 Å². The van der Waals surface area contributed by atoms with Gasteiger partial charge in [-0.3, -0.25) is 8.61 Å². The summed E-state index contributed by atoms with van der Waals surface area (Å²) in [7, 11) is 3.13. The van der Waals surface area contributed by atoms with Crippen LogP contribution in [0, 0.1) is 17.2 Å². The molecule has 0 N–H and O–H groups in total. The lowest BCUT2D eigenvalue weighted by atomic mass is 9.99. The number of aromatic nitrogens is 2. The molecule has 0 radical (unpaired) electrons. The molecular weight excluding hydrogens is 476 g/mol. The molecule has 0 amide bonds. The van der Waals surface area contributed by atoms with Gasteiger partial charge in [-0.2, -0.15) is 5.26 Å². The van der Waals surface area contributed by atoms with Crippen LogP contribution in [0.5, 0.6) is 11.6 Å². The highest BCUT2D eigenvalue weighted by molar-refractivity contribution is 8.02. The van der Waals surface area contributed by atoms with E-state index in [9.17, 15) is 18.8 Å². The number of methoxy groups -OCH3 is 1. The zero-order chi connectivity index (χ0) is 24.7. The van der Waals surface area contributed by atoms with Crippen LogP contribution >= 0.6 is 12.1 Å². The molecule has 1 aliphatic heterocycles. The molecule has 5 rings (SSSR count). The number of alkyl halides is 2. The highest BCUT2D eigenvalue weighted by atomic mass is 32.2. The van der Waals surface area contributed by atoms with Crippen molar-refractivity contribution in [3.05, 3.63) is 60.0 Å². The molecule has 1 atom stereocenters. The molecule has 0 bridgehead atoms. The second kappa shape index (κ2) is 8.70. The minimum Gasteiger partial charge on any atom is -0.464 e. The Kier molecular flexibility index (Phi) is 5.68. The van der Waals surface area contributed by atoms with Gasteiger partial charge in [-0.25, -0.2) is 23.5 Å². The Bertz CT molecular complexity index is 1350. The van der Waals surface area contributed by atoms with Gasteiger partial charge in [0.25, 0.3) is 5.92 Å². The average molecular weight is 496 g/mol. The predicted octanol–water partition coefficient (Wildman–Crippen LogP) is 5.07. The Balaban J connectivity index is 1.41. The molecule has 0 saturated heterocycles. The van der Waals surface area contributed by atoms with E-state index in [1.165, 1.54) is 31.6 Å². The van der Waals surface area contributed by atoms with Crippen molar-refractivity contribution in [1.82, 2.24) is 9.97 Å². The van der Waals surface area contributed by atoms with Gasteiger partial charge in [0.2, 0.25) is 5.88 Å². The Morgan fingerprint density at radius 3 is 2.69 bits per heavy atom. The van der Waals surface area contributed by atoms with Gasteiger partial charge in [-0.1, -0.05) is 6.07 Å². The normalized spacial score (nSPS) is 17.5. The SMILES string of the molecule is COC(=O)c1cnc(Oc2ccc(C#N)c(-c3ccc4c(c3)N(C)SN4CC3CC3(F)F)c2)cn1. The minimum absolute atomic E-state index is 0.0555. The standard InChI is InChI=1S/C24H19F2N5O3S/c1-30-21-7-14(4-6-20(21)31(35-30)13-16-9-24(16,25)26)18-8-17(5-3-15(18)10-27)34-22-12-28-19(11-29-22)23(32)33-2/h3-8,11-12,16H,9,13H2,1-2H3. The van der Waals surface area contributed by atoms with E-state index in [1.54, 1.807) is 18.2 Å². The number of hydrogen-bond acceptors (Lipinski definition) is 9. The number of anilines is 2. The van der Waals surface area contributed by atoms with Gasteiger partial charge in [0, 0.05) is 31.5 Å². The molecule has 2 aliphatic rings. The van der Waals surface area contributed by atoms with Crippen molar-refractivity contribution in [2.45, 2.75) is 12.3 Å². The van der Waals surface area contributed by atoms with E-state index in [0.29, 0.717) is 16.9 Å². The molecule has 1 unspecified atom stereocenters. The third-order valence-corrected chi connectivity index (χ3v) is 6.80. The lowest BCUT2D eigenvalue weighted by molar-refractivity contribution is 0.0593. The number of esters is 1. The van der Waals surface area contributed by atoms with Gasteiger partial charge in [-0.05, 0) is 35.9 Å². The summed E-state index contributed by atoms with van der Waals surface area (Å²) >= 11 is 1.38. The first kappa shape index (κ1) is 22.9. The molecule has 1 fully saturated rings. The van der Waals surface area contributed by atoms with E-state index in [2.05, 4.69) is 20.8 Å². The summed E-state index contributed by atoms with van der Waals surface area (Å²) in [5.41, 5.74) is 3.67. The summed E-state index contributed by atoms with van der Waals surface area (Å²) in [4.78, 5) is 19.6. The van der Waals surface area contributed by atoms with Crippen molar-refractivity contribution in [3.63, 3.8) is 0 Å².